The van der Waals surface area contributed by atoms with E-state index in [2.05, 4.69) is 0 Å². The van der Waals surface area contributed by atoms with Crippen molar-refractivity contribution < 1.29 is 23.1 Å². The quantitative estimate of drug-likeness (QED) is 0.789. The molecule has 0 N–H and O–H groups in total. The third-order valence-electron chi connectivity index (χ3n) is 2.83. The number of furan rings is 1. The summed E-state index contributed by atoms with van der Waals surface area (Å²) in [5.41, 5.74) is 0. The minimum absolute atomic E-state index is 0.0550. The van der Waals surface area contributed by atoms with Gasteiger partial charge in [0.25, 0.3) is 0 Å². The molecule has 106 valence electrons. The van der Waals surface area contributed by atoms with Gasteiger partial charge >= 0.3 is 5.97 Å². The molecule has 4 nitrogen and oxygen atoms in total. The summed E-state index contributed by atoms with van der Waals surface area (Å²) < 4.78 is 28.9. The number of esters is 1. The Kier molecular flexibility index (Phi) is 4.40. The van der Waals surface area contributed by atoms with Crippen LogP contribution in [0.3, 0.4) is 0 Å². The first-order valence-corrected chi connectivity index (χ1v) is 6.13. The third-order valence-corrected chi connectivity index (χ3v) is 2.83. The molecule has 1 aromatic heterocycles. The zero-order chi connectivity index (χ0) is 14.5. The van der Waals surface area contributed by atoms with Crippen LogP contribution in [-0.4, -0.2) is 19.7 Å². The molecule has 2 aromatic rings. The van der Waals surface area contributed by atoms with E-state index in [1.807, 2.05) is 0 Å². The number of methoxy groups -OCH3 is 1. The number of benzene rings is 1. The second kappa shape index (κ2) is 6.23. The van der Waals surface area contributed by atoms with Crippen LogP contribution in [0.4, 0.5) is 4.39 Å². The normalized spacial score (nSPS) is 11.9. The molecule has 0 saturated heterocycles. The summed E-state index contributed by atoms with van der Waals surface area (Å²) in [4.78, 5) is 11.8. The Morgan fingerprint density at radius 3 is 2.65 bits per heavy atom. The van der Waals surface area contributed by atoms with E-state index in [1.165, 1.54) is 19.2 Å². The van der Waals surface area contributed by atoms with Gasteiger partial charge in [-0.15, -0.1) is 0 Å². The lowest BCUT2D eigenvalue weighted by Gasteiger charge is -2.14. The first-order valence-electron chi connectivity index (χ1n) is 6.13. The van der Waals surface area contributed by atoms with Crippen molar-refractivity contribution in [3.8, 4) is 5.75 Å². The molecule has 0 aliphatic carbocycles. The number of rotatable bonds is 5. The molecule has 2 rings (SSSR count). The summed E-state index contributed by atoms with van der Waals surface area (Å²) in [6.45, 7) is 1.72. The Balaban J connectivity index is 2.13. The first kappa shape index (κ1) is 14.1. The van der Waals surface area contributed by atoms with Crippen LogP contribution in [0.5, 0.6) is 5.75 Å². The Morgan fingerprint density at radius 2 is 2.05 bits per heavy atom. The van der Waals surface area contributed by atoms with E-state index in [-0.39, 0.29) is 12.4 Å². The molecule has 0 aliphatic rings. The number of halogens is 1. The lowest BCUT2D eigenvalue weighted by atomic mass is 10.1. The second-order valence-electron chi connectivity index (χ2n) is 4.27. The van der Waals surface area contributed by atoms with Gasteiger partial charge in [-0.25, -0.2) is 4.39 Å². The Hall–Kier alpha value is -2.30. The maximum atomic E-state index is 13.5. The van der Waals surface area contributed by atoms with Crippen LogP contribution in [0, 0.1) is 12.7 Å². The van der Waals surface area contributed by atoms with E-state index >= 15 is 0 Å². The first-order chi connectivity index (χ1) is 9.61. The number of carbonyl (C=O) groups is 1. The second-order valence-corrected chi connectivity index (χ2v) is 4.27. The summed E-state index contributed by atoms with van der Waals surface area (Å²) >= 11 is 0. The molecule has 1 unspecified atom stereocenters. The molecule has 1 heterocycles. The van der Waals surface area contributed by atoms with Crippen LogP contribution in [0.1, 0.15) is 17.4 Å². The summed E-state index contributed by atoms with van der Waals surface area (Å²) in [6.07, 6.45) is 0. The standard InChI is InChI=1S/C15H15FO4/c1-10-7-8-13(20-10)11(15(17)18-2)9-19-14-6-4-3-5-12(14)16/h3-8,11H,9H2,1-2H3. The van der Waals surface area contributed by atoms with Crippen molar-refractivity contribution in [1.29, 1.82) is 0 Å². The van der Waals surface area contributed by atoms with E-state index in [0.29, 0.717) is 11.5 Å². The minimum atomic E-state index is -0.728. The van der Waals surface area contributed by atoms with Crippen LogP contribution in [0.2, 0.25) is 0 Å². The van der Waals surface area contributed by atoms with Crippen LogP contribution in [-0.2, 0) is 9.53 Å². The SMILES string of the molecule is COC(=O)C(COc1ccccc1F)c1ccc(C)o1. The van der Waals surface area contributed by atoms with Gasteiger partial charge in [0.2, 0.25) is 0 Å². The molecule has 0 radical (unpaired) electrons. The molecule has 5 heteroatoms. The molecule has 20 heavy (non-hydrogen) atoms. The van der Waals surface area contributed by atoms with Crippen molar-refractivity contribution in [3.05, 3.63) is 53.7 Å². The van der Waals surface area contributed by atoms with Crippen molar-refractivity contribution in [2.75, 3.05) is 13.7 Å². The average molecular weight is 278 g/mol. The van der Waals surface area contributed by atoms with Crippen molar-refractivity contribution in [2.45, 2.75) is 12.8 Å². The lowest BCUT2D eigenvalue weighted by Crippen LogP contribution is -2.21. The van der Waals surface area contributed by atoms with Gasteiger partial charge in [-0.3, -0.25) is 4.79 Å². The Morgan fingerprint density at radius 1 is 1.30 bits per heavy atom. The highest BCUT2D eigenvalue weighted by Gasteiger charge is 2.26. The van der Waals surface area contributed by atoms with Gasteiger partial charge in [-0.2, -0.15) is 0 Å². The van der Waals surface area contributed by atoms with Gasteiger partial charge in [0.05, 0.1) is 7.11 Å². The number of para-hydroxylation sites is 1. The molecule has 0 aliphatic heterocycles. The van der Waals surface area contributed by atoms with E-state index in [4.69, 9.17) is 13.9 Å². The van der Waals surface area contributed by atoms with Crippen molar-refractivity contribution in [2.24, 2.45) is 0 Å². The fourth-order valence-corrected chi connectivity index (χ4v) is 1.78. The number of hydrogen-bond acceptors (Lipinski definition) is 4. The highest BCUT2D eigenvalue weighted by atomic mass is 19.1. The number of hydrogen-bond donors (Lipinski definition) is 0. The van der Waals surface area contributed by atoms with Crippen LogP contribution in [0.25, 0.3) is 0 Å². The molecule has 0 amide bonds. The molecule has 0 fully saturated rings. The monoisotopic (exact) mass is 278 g/mol. The molecular weight excluding hydrogens is 263 g/mol. The Labute approximate surface area is 116 Å². The molecule has 0 spiro atoms. The van der Waals surface area contributed by atoms with Gasteiger partial charge < -0.3 is 13.9 Å². The predicted octanol–water partition coefficient (Wildman–Crippen LogP) is 3.06. The van der Waals surface area contributed by atoms with Crippen LogP contribution < -0.4 is 4.74 Å². The van der Waals surface area contributed by atoms with Crippen molar-refractivity contribution in [3.63, 3.8) is 0 Å². The maximum absolute atomic E-state index is 13.5. The molecule has 1 aromatic carbocycles. The highest BCUT2D eigenvalue weighted by Crippen LogP contribution is 2.23. The van der Waals surface area contributed by atoms with Gasteiger partial charge in [0.15, 0.2) is 11.6 Å². The highest BCUT2D eigenvalue weighted by molar-refractivity contribution is 5.77. The van der Waals surface area contributed by atoms with Gasteiger partial charge in [0, 0.05) is 0 Å². The Bertz CT molecular complexity index is 591. The summed E-state index contributed by atoms with van der Waals surface area (Å²) in [6, 6.07) is 9.44. The summed E-state index contributed by atoms with van der Waals surface area (Å²) in [5, 5.41) is 0. The van der Waals surface area contributed by atoms with Gasteiger partial charge in [-0.05, 0) is 31.2 Å². The zero-order valence-electron chi connectivity index (χ0n) is 11.3. The average Bonchev–Trinajstić information content (AvgIpc) is 2.87. The maximum Gasteiger partial charge on any atom is 0.319 e. The fraction of sp³-hybridized carbons (Fsp3) is 0.267. The number of carbonyl (C=O) groups excluding carboxylic acids is 1. The lowest BCUT2D eigenvalue weighted by molar-refractivity contribution is -0.143. The van der Waals surface area contributed by atoms with E-state index in [1.54, 1.807) is 31.2 Å². The number of aryl methyl sites for hydroxylation is 1. The summed E-state index contributed by atoms with van der Waals surface area (Å²) in [7, 11) is 1.29. The third kappa shape index (κ3) is 3.17. The largest absolute Gasteiger partial charge is 0.489 e. The van der Waals surface area contributed by atoms with Crippen molar-refractivity contribution in [1.82, 2.24) is 0 Å². The van der Waals surface area contributed by atoms with Gasteiger partial charge in [0.1, 0.15) is 24.0 Å². The zero-order valence-corrected chi connectivity index (χ0v) is 11.3. The smallest absolute Gasteiger partial charge is 0.319 e. The minimum Gasteiger partial charge on any atom is -0.489 e. The number of ether oxygens (including phenoxy) is 2. The van der Waals surface area contributed by atoms with E-state index in [0.717, 1.165) is 0 Å². The van der Waals surface area contributed by atoms with Gasteiger partial charge in [-0.1, -0.05) is 12.1 Å². The summed E-state index contributed by atoms with van der Waals surface area (Å²) in [5.74, 6) is -0.495. The van der Waals surface area contributed by atoms with Crippen LogP contribution >= 0.6 is 0 Å². The molecule has 1 atom stereocenters. The van der Waals surface area contributed by atoms with E-state index in [9.17, 15) is 9.18 Å². The molecule has 0 bridgehead atoms. The molecule has 0 saturated carbocycles. The fourth-order valence-electron chi connectivity index (χ4n) is 1.78. The topological polar surface area (TPSA) is 48.7 Å². The van der Waals surface area contributed by atoms with Crippen molar-refractivity contribution >= 4 is 5.97 Å². The molecular formula is C15H15FO4. The van der Waals surface area contributed by atoms with Crippen LogP contribution in [0.15, 0.2) is 40.8 Å². The van der Waals surface area contributed by atoms with E-state index < -0.39 is 17.7 Å². The predicted molar refractivity (Wildman–Crippen MR) is 70.1 cm³/mol.